The molecule has 0 N–H and O–H groups in total. The summed E-state index contributed by atoms with van der Waals surface area (Å²) in [6.45, 7) is 3.89. The Labute approximate surface area is 118 Å². The molecule has 0 bridgehead atoms. The fraction of sp³-hybridized carbons (Fsp3) is 0.500. The zero-order valence-electron chi connectivity index (χ0n) is 10.1. The molecule has 1 saturated heterocycles. The van der Waals surface area contributed by atoms with Crippen LogP contribution in [0, 0.1) is 6.92 Å². The molecule has 1 unspecified atom stereocenters. The molecule has 4 nitrogen and oxygen atoms in total. The molecular weight excluding hydrogens is 314 g/mol. The minimum absolute atomic E-state index is 0.302. The number of hydrogen-bond donors (Lipinski definition) is 0. The molecule has 0 aliphatic carbocycles. The minimum atomic E-state index is 0.302. The number of nitrogens with zero attached hydrogens (tertiary/aromatic N) is 3. The monoisotopic (exact) mass is 327 g/mol. The van der Waals surface area contributed by atoms with Crippen molar-refractivity contribution in [1.29, 1.82) is 0 Å². The van der Waals surface area contributed by atoms with Crippen LogP contribution in [0.1, 0.15) is 35.5 Å². The highest BCUT2D eigenvalue weighted by Crippen LogP contribution is 2.34. The van der Waals surface area contributed by atoms with E-state index in [0.29, 0.717) is 11.9 Å². The first-order chi connectivity index (χ1) is 8.74. The molecule has 0 saturated carbocycles. The summed E-state index contributed by atoms with van der Waals surface area (Å²) in [5.41, 5.74) is 0. The standard InChI is InChI=1S/C12H14BrN3OS/c1-8-14-12(15-17-8)10-3-2-5-16(10)7-11-9(13)4-6-18-11/h4,6,10H,2-3,5,7H2,1H3. The van der Waals surface area contributed by atoms with Gasteiger partial charge >= 0.3 is 0 Å². The van der Waals surface area contributed by atoms with Gasteiger partial charge < -0.3 is 4.52 Å². The average molecular weight is 328 g/mol. The summed E-state index contributed by atoms with van der Waals surface area (Å²) in [5.74, 6) is 1.48. The lowest BCUT2D eigenvalue weighted by Gasteiger charge is -2.21. The summed E-state index contributed by atoms with van der Waals surface area (Å²) in [4.78, 5) is 8.16. The van der Waals surface area contributed by atoms with Crippen LogP contribution in [0.4, 0.5) is 0 Å². The maximum atomic E-state index is 5.09. The van der Waals surface area contributed by atoms with Crippen LogP contribution in [0.15, 0.2) is 20.4 Å². The van der Waals surface area contributed by atoms with E-state index in [4.69, 9.17) is 4.52 Å². The largest absolute Gasteiger partial charge is 0.340 e. The Morgan fingerprint density at radius 3 is 3.17 bits per heavy atom. The number of likely N-dealkylation sites (tertiary alicyclic amines) is 1. The van der Waals surface area contributed by atoms with Crippen molar-refractivity contribution in [3.63, 3.8) is 0 Å². The van der Waals surface area contributed by atoms with Crippen molar-refractivity contribution in [1.82, 2.24) is 15.0 Å². The Bertz CT molecular complexity index is 539. The van der Waals surface area contributed by atoms with Crippen LogP contribution in [0.5, 0.6) is 0 Å². The van der Waals surface area contributed by atoms with Crippen molar-refractivity contribution in [2.24, 2.45) is 0 Å². The first-order valence-electron chi connectivity index (χ1n) is 6.00. The molecule has 6 heteroatoms. The highest BCUT2D eigenvalue weighted by Gasteiger charge is 2.30. The molecule has 3 heterocycles. The highest BCUT2D eigenvalue weighted by atomic mass is 79.9. The van der Waals surface area contributed by atoms with Crippen molar-refractivity contribution in [3.05, 3.63) is 32.5 Å². The third-order valence-electron chi connectivity index (χ3n) is 3.24. The zero-order chi connectivity index (χ0) is 12.5. The van der Waals surface area contributed by atoms with Crippen molar-refractivity contribution in [3.8, 4) is 0 Å². The first-order valence-corrected chi connectivity index (χ1v) is 7.67. The molecule has 18 heavy (non-hydrogen) atoms. The number of hydrogen-bond acceptors (Lipinski definition) is 5. The molecule has 1 aliphatic heterocycles. The molecular formula is C12H14BrN3OS. The number of aryl methyl sites for hydroxylation is 1. The first kappa shape index (κ1) is 12.3. The van der Waals surface area contributed by atoms with Gasteiger partial charge in [-0.1, -0.05) is 5.16 Å². The number of aromatic nitrogens is 2. The van der Waals surface area contributed by atoms with E-state index in [1.807, 2.05) is 6.92 Å². The van der Waals surface area contributed by atoms with Gasteiger partial charge in [0.1, 0.15) is 0 Å². The van der Waals surface area contributed by atoms with Crippen LogP contribution in [0.2, 0.25) is 0 Å². The normalized spacial score (nSPS) is 20.7. The predicted molar refractivity (Wildman–Crippen MR) is 73.4 cm³/mol. The van der Waals surface area contributed by atoms with Crippen LogP contribution in [0.3, 0.4) is 0 Å². The Morgan fingerprint density at radius 1 is 1.61 bits per heavy atom. The molecule has 0 aromatic carbocycles. The zero-order valence-corrected chi connectivity index (χ0v) is 12.5. The van der Waals surface area contributed by atoms with Crippen LogP contribution in [0.25, 0.3) is 0 Å². The molecule has 1 aliphatic rings. The minimum Gasteiger partial charge on any atom is -0.340 e. The Kier molecular flexibility index (Phi) is 3.50. The van der Waals surface area contributed by atoms with E-state index < -0.39 is 0 Å². The lowest BCUT2D eigenvalue weighted by atomic mass is 10.2. The Morgan fingerprint density at radius 2 is 2.50 bits per heavy atom. The quantitative estimate of drug-likeness (QED) is 0.864. The van der Waals surface area contributed by atoms with Crippen LogP contribution >= 0.6 is 27.3 Å². The summed E-state index contributed by atoms with van der Waals surface area (Å²) in [6.07, 6.45) is 2.31. The van der Waals surface area contributed by atoms with Gasteiger partial charge in [0.15, 0.2) is 5.82 Å². The van der Waals surface area contributed by atoms with Crippen molar-refractivity contribution >= 4 is 27.3 Å². The Balaban J connectivity index is 1.77. The van der Waals surface area contributed by atoms with Crippen LogP contribution < -0.4 is 0 Å². The van der Waals surface area contributed by atoms with Crippen molar-refractivity contribution in [2.45, 2.75) is 32.4 Å². The van der Waals surface area contributed by atoms with Gasteiger partial charge in [-0.15, -0.1) is 11.3 Å². The van der Waals surface area contributed by atoms with Gasteiger partial charge in [0, 0.05) is 22.8 Å². The van der Waals surface area contributed by atoms with E-state index in [1.165, 1.54) is 15.8 Å². The van der Waals surface area contributed by atoms with Gasteiger partial charge in [-0.25, -0.2) is 0 Å². The highest BCUT2D eigenvalue weighted by molar-refractivity contribution is 9.10. The second-order valence-electron chi connectivity index (χ2n) is 4.49. The van der Waals surface area contributed by atoms with E-state index >= 15 is 0 Å². The molecule has 2 aromatic rings. The second kappa shape index (κ2) is 5.11. The molecule has 0 spiro atoms. The van der Waals surface area contributed by atoms with Gasteiger partial charge in [0.05, 0.1) is 6.04 Å². The molecule has 0 radical (unpaired) electrons. The molecule has 1 fully saturated rings. The fourth-order valence-corrected chi connectivity index (χ4v) is 3.88. The molecule has 1 atom stereocenters. The Hall–Kier alpha value is -0.720. The molecule has 0 amide bonds. The van der Waals surface area contributed by atoms with Crippen LogP contribution in [-0.2, 0) is 6.54 Å². The fourth-order valence-electron chi connectivity index (χ4n) is 2.38. The van der Waals surface area contributed by atoms with E-state index in [2.05, 4.69) is 42.4 Å². The van der Waals surface area contributed by atoms with E-state index in [-0.39, 0.29) is 0 Å². The van der Waals surface area contributed by atoms with Gasteiger partial charge in [-0.05, 0) is 46.8 Å². The molecule has 96 valence electrons. The topological polar surface area (TPSA) is 42.2 Å². The van der Waals surface area contributed by atoms with E-state index in [1.54, 1.807) is 11.3 Å². The van der Waals surface area contributed by atoms with Crippen molar-refractivity contribution in [2.75, 3.05) is 6.54 Å². The molecule has 2 aromatic heterocycles. The summed E-state index contributed by atoms with van der Waals surface area (Å²) in [7, 11) is 0. The third kappa shape index (κ3) is 2.37. The maximum Gasteiger partial charge on any atom is 0.223 e. The SMILES string of the molecule is Cc1nc(C2CCCN2Cc2sccc2Br)no1. The van der Waals surface area contributed by atoms with Gasteiger partial charge in [-0.2, -0.15) is 4.98 Å². The molecule has 3 rings (SSSR count). The summed E-state index contributed by atoms with van der Waals surface area (Å²) >= 11 is 5.37. The van der Waals surface area contributed by atoms with Gasteiger partial charge in [0.25, 0.3) is 0 Å². The number of rotatable bonds is 3. The smallest absolute Gasteiger partial charge is 0.223 e. The average Bonchev–Trinajstić information content (AvgIpc) is 3.03. The van der Waals surface area contributed by atoms with Crippen molar-refractivity contribution < 1.29 is 4.52 Å². The lowest BCUT2D eigenvalue weighted by molar-refractivity contribution is 0.236. The number of halogens is 1. The van der Waals surface area contributed by atoms with Crippen LogP contribution in [-0.4, -0.2) is 21.6 Å². The van der Waals surface area contributed by atoms with E-state index in [0.717, 1.165) is 25.3 Å². The van der Waals surface area contributed by atoms with E-state index in [9.17, 15) is 0 Å². The van der Waals surface area contributed by atoms with Gasteiger partial charge in [-0.3, -0.25) is 4.90 Å². The van der Waals surface area contributed by atoms with Gasteiger partial charge in [0.2, 0.25) is 5.89 Å². The number of thiophene rings is 1. The summed E-state index contributed by atoms with van der Waals surface area (Å²) in [5, 5.41) is 6.18. The predicted octanol–water partition coefficient (Wildman–Crippen LogP) is 3.54. The third-order valence-corrected chi connectivity index (χ3v) is 5.15. The summed E-state index contributed by atoms with van der Waals surface area (Å²) < 4.78 is 6.29. The maximum absolute atomic E-state index is 5.09. The lowest BCUT2D eigenvalue weighted by Crippen LogP contribution is -2.23. The summed E-state index contributed by atoms with van der Waals surface area (Å²) in [6, 6.07) is 2.40. The second-order valence-corrected chi connectivity index (χ2v) is 6.35.